The van der Waals surface area contributed by atoms with Gasteiger partial charge in [0.15, 0.2) is 0 Å². The summed E-state index contributed by atoms with van der Waals surface area (Å²) in [6, 6.07) is 6.69. The number of amides is 1. The van der Waals surface area contributed by atoms with Crippen molar-refractivity contribution >= 4 is 44.7 Å². The number of hydrogen-bond acceptors (Lipinski definition) is 7. The van der Waals surface area contributed by atoms with Gasteiger partial charge in [-0.05, 0) is 18.2 Å². The van der Waals surface area contributed by atoms with Gasteiger partial charge in [-0.15, -0.1) is 11.3 Å². The zero-order chi connectivity index (χ0) is 19.1. The molecular formula is C17H17N5O3S. The molecule has 26 heavy (non-hydrogen) atoms. The van der Waals surface area contributed by atoms with Crippen molar-refractivity contribution in [1.82, 2.24) is 9.97 Å². The summed E-state index contributed by atoms with van der Waals surface area (Å²) < 4.78 is 0.988. The van der Waals surface area contributed by atoms with Crippen molar-refractivity contribution in [2.24, 2.45) is 5.73 Å². The van der Waals surface area contributed by atoms with E-state index in [1.807, 2.05) is 18.2 Å². The van der Waals surface area contributed by atoms with Gasteiger partial charge in [0.05, 0.1) is 25.7 Å². The molecule has 0 saturated heterocycles. The Hall–Kier alpha value is -3.07. The van der Waals surface area contributed by atoms with Gasteiger partial charge in [0.2, 0.25) is 0 Å². The van der Waals surface area contributed by atoms with Gasteiger partial charge in [-0.2, -0.15) is 0 Å². The van der Waals surface area contributed by atoms with Crippen LogP contribution >= 0.6 is 11.3 Å². The number of primary amides is 1. The SMILES string of the molecule is CC(C)(C)c1nc2ccc(Nc3ncc([N+](=O)[O-])cc3C(N)=O)cc2s1. The molecule has 0 radical (unpaired) electrons. The second-order valence-corrected chi connectivity index (χ2v) is 7.82. The van der Waals surface area contributed by atoms with Gasteiger partial charge in [-0.1, -0.05) is 20.8 Å². The Kier molecular flexibility index (Phi) is 4.33. The molecule has 0 fully saturated rings. The van der Waals surface area contributed by atoms with E-state index in [2.05, 4.69) is 36.1 Å². The average Bonchev–Trinajstić information content (AvgIpc) is 2.98. The van der Waals surface area contributed by atoms with Crippen LogP contribution in [0.2, 0.25) is 0 Å². The van der Waals surface area contributed by atoms with E-state index in [0.29, 0.717) is 5.69 Å². The fourth-order valence-corrected chi connectivity index (χ4v) is 3.36. The van der Waals surface area contributed by atoms with E-state index in [0.717, 1.165) is 27.5 Å². The Bertz CT molecular complexity index is 1020. The van der Waals surface area contributed by atoms with Gasteiger partial charge in [-0.3, -0.25) is 14.9 Å². The zero-order valence-electron chi connectivity index (χ0n) is 14.4. The molecule has 0 spiro atoms. The first kappa shape index (κ1) is 17.7. The molecular weight excluding hydrogens is 354 g/mol. The Morgan fingerprint density at radius 1 is 1.31 bits per heavy atom. The van der Waals surface area contributed by atoms with Gasteiger partial charge in [0.1, 0.15) is 12.0 Å². The van der Waals surface area contributed by atoms with E-state index in [9.17, 15) is 14.9 Å². The number of thiazole rings is 1. The van der Waals surface area contributed by atoms with Crippen LogP contribution in [0.5, 0.6) is 0 Å². The molecule has 0 unspecified atom stereocenters. The van der Waals surface area contributed by atoms with E-state index < -0.39 is 10.8 Å². The molecule has 0 aliphatic heterocycles. The molecule has 0 atom stereocenters. The maximum absolute atomic E-state index is 11.6. The van der Waals surface area contributed by atoms with Gasteiger partial charge in [-0.25, -0.2) is 9.97 Å². The summed E-state index contributed by atoms with van der Waals surface area (Å²) in [6.45, 7) is 6.30. The number of nitrogens with zero attached hydrogens (tertiary/aromatic N) is 3. The Morgan fingerprint density at radius 2 is 2.04 bits per heavy atom. The maximum Gasteiger partial charge on any atom is 0.288 e. The molecule has 1 aromatic carbocycles. The van der Waals surface area contributed by atoms with Crippen LogP contribution < -0.4 is 11.1 Å². The van der Waals surface area contributed by atoms with Crippen molar-refractivity contribution in [1.29, 1.82) is 0 Å². The number of anilines is 2. The third-order valence-corrected chi connectivity index (χ3v) is 5.09. The van der Waals surface area contributed by atoms with Crippen LogP contribution in [0.25, 0.3) is 10.2 Å². The molecule has 0 bridgehead atoms. The van der Waals surface area contributed by atoms with Crippen LogP contribution in [0, 0.1) is 10.1 Å². The van der Waals surface area contributed by atoms with Gasteiger partial charge in [0.25, 0.3) is 11.6 Å². The molecule has 3 N–H and O–H groups in total. The fourth-order valence-electron chi connectivity index (χ4n) is 2.30. The molecule has 0 saturated carbocycles. The van der Waals surface area contributed by atoms with E-state index in [1.165, 1.54) is 0 Å². The maximum atomic E-state index is 11.6. The summed E-state index contributed by atoms with van der Waals surface area (Å²) in [6.07, 6.45) is 1.08. The lowest BCUT2D eigenvalue weighted by molar-refractivity contribution is -0.385. The minimum absolute atomic E-state index is 0.0426. The van der Waals surface area contributed by atoms with Crippen LogP contribution in [0.4, 0.5) is 17.2 Å². The van der Waals surface area contributed by atoms with Crippen molar-refractivity contribution in [3.63, 3.8) is 0 Å². The predicted molar refractivity (Wildman–Crippen MR) is 101 cm³/mol. The Labute approximate surface area is 153 Å². The van der Waals surface area contributed by atoms with E-state index in [4.69, 9.17) is 5.73 Å². The highest BCUT2D eigenvalue weighted by Gasteiger charge is 2.19. The number of nitrogens with one attached hydrogen (secondary N) is 1. The lowest BCUT2D eigenvalue weighted by Crippen LogP contribution is -2.14. The molecule has 0 aliphatic carbocycles. The van der Waals surface area contributed by atoms with E-state index in [1.54, 1.807) is 11.3 Å². The molecule has 9 heteroatoms. The van der Waals surface area contributed by atoms with Gasteiger partial charge < -0.3 is 11.1 Å². The van der Waals surface area contributed by atoms with Crippen LogP contribution in [0.3, 0.4) is 0 Å². The number of rotatable bonds is 4. The zero-order valence-corrected chi connectivity index (χ0v) is 15.3. The van der Waals surface area contributed by atoms with E-state index >= 15 is 0 Å². The van der Waals surface area contributed by atoms with E-state index in [-0.39, 0.29) is 22.5 Å². The highest BCUT2D eigenvalue weighted by molar-refractivity contribution is 7.18. The molecule has 1 amide bonds. The first-order valence-electron chi connectivity index (χ1n) is 7.77. The number of hydrogen-bond donors (Lipinski definition) is 2. The topological polar surface area (TPSA) is 124 Å². The first-order chi connectivity index (χ1) is 12.1. The third-order valence-electron chi connectivity index (χ3n) is 3.64. The standard InChI is InChI=1S/C17H17N5O3S/c1-17(2,3)16-21-12-5-4-9(6-13(12)26-16)20-15-11(14(18)23)7-10(8-19-15)22(24)25/h4-8H,1-3H3,(H2,18,23)(H,19,20). The number of benzene rings is 1. The summed E-state index contributed by atoms with van der Waals surface area (Å²) >= 11 is 1.59. The Balaban J connectivity index is 1.98. The first-order valence-corrected chi connectivity index (χ1v) is 8.59. The molecule has 3 aromatic rings. The minimum Gasteiger partial charge on any atom is -0.365 e. The van der Waals surface area contributed by atoms with Gasteiger partial charge >= 0.3 is 0 Å². The second kappa shape index (κ2) is 6.34. The molecule has 3 rings (SSSR count). The molecule has 2 heterocycles. The normalized spacial score (nSPS) is 11.5. The Morgan fingerprint density at radius 3 is 2.65 bits per heavy atom. The highest BCUT2D eigenvalue weighted by atomic mass is 32.1. The lowest BCUT2D eigenvalue weighted by atomic mass is 9.98. The fraction of sp³-hybridized carbons (Fsp3) is 0.235. The largest absolute Gasteiger partial charge is 0.365 e. The van der Waals surface area contributed by atoms with Crippen LogP contribution in [-0.4, -0.2) is 20.8 Å². The minimum atomic E-state index is -0.794. The van der Waals surface area contributed by atoms with Crippen LogP contribution in [0.1, 0.15) is 36.1 Å². The number of carbonyl (C=O) groups excluding carboxylic acids is 1. The monoisotopic (exact) mass is 371 g/mol. The predicted octanol–water partition coefficient (Wildman–Crippen LogP) is 3.74. The van der Waals surface area contributed by atoms with Gasteiger partial charge in [0, 0.05) is 17.2 Å². The van der Waals surface area contributed by atoms with Crippen molar-refractivity contribution in [2.75, 3.05) is 5.32 Å². The number of aromatic nitrogens is 2. The third kappa shape index (κ3) is 3.47. The van der Waals surface area contributed by atoms with Crippen molar-refractivity contribution < 1.29 is 9.72 Å². The van der Waals surface area contributed by atoms with Crippen molar-refractivity contribution in [2.45, 2.75) is 26.2 Å². The van der Waals surface area contributed by atoms with Crippen LogP contribution in [-0.2, 0) is 5.41 Å². The molecule has 134 valence electrons. The number of nitrogens with two attached hydrogens (primary N) is 1. The molecule has 8 nitrogen and oxygen atoms in total. The van der Waals surface area contributed by atoms with Crippen LogP contribution in [0.15, 0.2) is 30.5 Å². The summed E-state index contributed by atoms with van der Waals surface area (Å²) in [4.78, 5) is 30.5. The number of fused-ring (bicyclic) bond motifs is 1. The lowest BCUT2D eigenvalue weighted by Gasteiger charge is -2.13. The number of pyridine rings is 1. The van der Waals surface area contributed by atoms with Crippen molar-refractivity contribution in [3.8, 4) is 0 Å². The second-order valence-electron chi connectivity index (χ2n) is 6.79. The summed E-state index contributed by atoms with van der Waals surface area (Å²) in [5.74, 6) is -0.624. The summed E-state index contributed by atoms with van der Waals surface area (Å²) in [5, 5.41) is 14.9. The number of nitro groups is 1. The quantitative estimate of drug-likeness (QED) is 0.532. The smallest absolute Gasteiger partial charge is 0.288 e. The van der Waals surface area contributed by atoms with Crippen molar-refractivity contribution in [3.05, 3.63) is 51.1 Å². The summed E-state index contributed by atoms with van der Waals surface area (Å²) in [7, 11) is 0. The molecule has 2 aromatic heterocycles. The summed E-state index contributed by atoms with van der Waals surface area (Å²) in [5.41, 5.74) is 6.52. The highest BCUT2D eigenvalue weighted by Crippen LogP contribution is 2.33. The molecule has 0 aliphatic rings. The average molecular weight is 371 g/mol. The number of carbonyl (C=O) groups is 1.